The van der Waals surface area contributed by atoms with Gasteiger partial charge < -0.3 is 28.8 Å². The average molecular weight is 705 g/mol. The molecular weight excluding hydrogens is 623 g/mol. The van der Waals surface area contributed by atoms with Crippen LogP contribution in [0, 0.1) is 0 Å². The number of aliphatic hydroxyl groups excluding tert-OH is 1. The van der Waals surface area contributed by atoms with Crippen molar-refractivity contribution in [2.75, 3.05) is 40.9 Å². The van der Waals surface area contributed by atoms with Crippen LogP contribution in [0.25, 0.3) is 0 Å². The van der Waals surface area contributed by atoms with Gasteiger partial charge in [0.25, 0.3) is 7.82 Å². The Morgan fingerprint density at radius 3 is 1.33 bits per heavy atom. The molecule has 0 heterocycles. The lowest BCUT2D eigenvalue weighted by molar-refractivity contribution is -0.870. The van der Waals surface area contributed by atoms with Crippen LogP contribution in [0.2, 0.25) is 0 Å². The second kappa shape index (κ2) is 32.4. The number of hydrogen-bond acceptors (Lipinski definition) is 6. The maximum atomic E-state index is 12.2. The van der Waals surface area contributed by atoms with Crippen molar-refractivity contribution in [1.82, 2.24) is 5.32 Å². The molecule has 1 amide bonds. The molecule has 0 aliphatic rings. The molecular formula is C39H81N2O6P. The first-order valence-corrected chi connectivity index (χ1v) is 21.8. The minimum Gasteiger partial charge on any atom is -0.756 e. The van der Waals surface area contributed by atoms with Crippen LogP contribution in [0.15, 0.2) is 0 Å². The number of rotatable bonds is 37. The van der Waals surface area contributed by atoms with E-state index in [1.807, 2.05) is 21.1 Å². The Morgan fingerprint density at radius 2 is 1.00 bits per heavy atom. The van der Waals surface area contributed by atoms with E-state index in [1.54, 1.807) is 6.92 Å². The number of phosphoric ester groups is 1. The number of aliphatic hydroxyl groups is 1. The molecule has 0 bridgehead atoms. The second-order valence-corrected chi connectivity index (χ2v) is 16.7. The average Bonchev–Trinajstić information content (AvgIpc) is 3.03. The van der Waals surface area contributed by atoms with E-state index in [0.717, 1.165) is 19.3 Å². The number of likely N-dealkylation sites (N-methyl/N-ethyl adjacent to an activating group) is 1. The van der Waals surface area contributed by atoms with Crippen molar-refractivity contribution >= 4 is 13.7 Å². The fourth-order valence-electron chi connectivity index (χ4n) is 6.06. The molecule has 0 aromatic carbocycles. The van der Waals surface area contributed by atoms with Gasteiger partial charge in [0.05, 0.1) is 39.9 Å². The largest absolute Gasteiger partial charge is 0.756 e. The van der Waals surface area contributed by atoms with E-state index in [2.05, 4.69) is 12.2 Å². The van der Waals surface area contributed by atoms with Crippen molar-refractivity contribution in [1.29, 1.82) is 0 Å². The van der Waals surface area contributed by atoms with Gasteiger partial charge in [-0.05, 0) is 6.42 Å². The molecule has 0 aromatic rings. The van der Waals surface area contributed by atoms with Crippen molar-refractivity contribution in [3.63, 3.8) is 0 Å². The first kappa shape index (κ1) is 47.5. The van der Waals surface area contributed by atoms with E-state index in [4.69, 9.17) is 9.05 Å². The zero-order valence-corrected chi connectivity index (χ0v) is 33.4. The number of carbonyl (C=O) groups excluding carboxylic acids is 1. The van der Waals surface area contributed by atoms with E-state index < -0.39 is 20.0 Å². The summed E-state index contributed by atoms with van der Waals surface area (Å²) in [5.74, 6) is -0.251. The van der Waals surface area contributed by atoms with Crippen LogP contribution >= 0.6 is 7.82 Å². The minimum absolute atomic E-state index is 0.0123. The van der Waals surface area contributed by atoms with E-state index >= 15 is 0 Å². The molecule has 3 atom stereocenters. The summed E-state index contributed by atoms with van der Waals surface area (Å²) in [5.41, 5.74) is 0. The molecule has 3 unspecified atom stereocenters. The topological polar surface area (TPSA) is 108 Å². The molecule has 0 rings (SSSR count). The van der Waals surface area contributed by atoms with Crippen LogP contribution in [0.3, 0.4) is 0 Å². The maximum Gasteiger partial charge on any atom is 0.268 e. The summed E-state index contributed by atoms with van der Waals surface area (Å²) in [7, 11) is 1.30. The number of nitrogens with zero attached hydrogens (tertiary/aromatic N) is 1. The van der Waals surface area contributed by atoms with Crippen molar-refractivity contribution in [3.05, 3.63) is 0 Å². The molecule has 0 aliphatic carbocycles. The third-order valence-corrected chi connectivity index (χ3v) is 10.4. The molecule has 8 nitrogen and oxygen atoms in total. The predicted octanol–water partition coefficient (Wildman–Crippen LogP) is 10.0. The molecule has 0 spiro atoms. The van der Waals surface area contributed by atoms with Crippen molar-refractivity contribution in [2.45, 2.75) is 206 Å². The lowest BCUT2D eigenvalue weighted by atomic mass is 10.0. The van der Waals surface area contributed by atoms with Crippen LogP contribution < -0.4 is 10.2 Å². The van der Waals surface area contributed by atoms with Crippen LogP contribution in [0.1, 0.15) is 194 Å². The Balaban J connectivity index is 3.68. The molecule has 9 heteroatoms. The van der Waals surface area contributed by atoms with Crippen molar-refractivity contribution in [3.8, 4) is 0 Å². The summed E-state index contributed by atoms with van der Waals surface area (Å²) in [6.45, 7) is 4.19. The van der Waals surface area contributed by atoms with Gasteiger partial charge in [-0.25, -0.2) is 0 Å². The highest BCUT2D eigenvalue weighted by atomic mass is 31.2. The Labute approximate surface area is 298 Å². The van der Waals surface area contributed by atoms with E-state index in [1.165, 1.54) is 148 Å². The van der Waals surface area contributed by atoms with Gasteiger partial charge in [0.2, 0.25) is 5.91 Å². The summed E-state index contributed by atoms with van der Waals surface area (Å²) in [5, 5.41) is 13.4. The molecule has 48 heavy (non-hydrogen) atoms. The Hall–Kier alpha value is -0.500. The number of phosphoric acid groups is 1. The van der Waals surface area contributed by atoms with Crippen LogP contribution in [-0.4, -0.2) is 68.5 Å². The molecule has 0 aromatic heterocycles. The fraction of sp³-hybridized carbons (Fsp3) is 0.974. The number of amides is 1. The third-order valence-electron chi connectivity index (χ3n) is 9.41. The molecule has 0 radical (unpaired) electrons. The Bertz CT molecular complexity index is 763. The van der Waals surface area contributed by atoms with E-state index in [9.17, 15) is 19.4 Å². The van der Waals surface area contributed by atoms with Gasteiger partial charge >= 0.3 is 0 Å². The number of carbonyl (C=O) groups is 1. The van der Waals surface area contributed by atoms with E-state index in [-0.39, 0.29) is 25.5 Å². The van der Waals surface area contributed by atoms with Gasteiger partial charge in [-0.1, -0.05) is 181 Å². The van der Waals surface area contributed by atoms with Crippen LogP contribution in [0.5, 0.6) is 0 Å². The summed E-state index contributed by atoms with van der Waals surface area (Å²) in [4.78, 5) is 24.1. The van der Waals surface area contributed by atoms with Gasteiger partial charge in [0.1, 0.15) is 13.2 Å². The van der Waals surface area contributed by atoms with Gasteiger partial charge in [-0.15, -0.1) is 0 Å². The van der Waals surface area contributed by atoms with Crippen molar-refractivity contribution in [2.24, 2.45) is 0 Å². The molecule has 2 N–H and O–H groups in total. The molecule has 0 aliphatic heterocycles. The number of quaternary nitrogens is 1. The molecule has 288 valence electrons. The summed E-state index contributed by atoms with van der Waals surface area (Å²) >= 11 is 0. The summed E-state index contributed by atoms with van der Waals surface area (Å²) in [6, 6.07) is -0.791. The highest BCUT2D eigenvalue weighted by Crippen LogP contribution is 2.38. The summed E-state index contributed by atoms with van der Waals surface area (Å²) < 4.78 is 22.7. The number of unbranched alkanes of at least 4 members (excludes halogenated alkanes) is 25. The second-order valence-electron chi connectivity index (χ2n) is 15.3. The maximum absolute atomic E-state index is 12.2. The highest BCUT2D eigenvalue weighted by molar-refractivity contribution is 7.45. The summed E-state index contributed by atoms with van der Waals surface area (Å²) in [6.07, 6.45) is 34.9. The van der Waals surface area contributed by atoms with Crippen molar-refractivity contribution < 1.29 is 32.9 Å². The SMILES string of the molecule is CCCCCCCCCCCCCCCCCCCCCCCCCCCCC(O)C(COP(=O)([O-])OCC[N+](C)(C)C)NC(=O)CC. The lowest BCUT2D eigenvalue weighted by Gasteiger charge is -2.30. The van der Waals surface area contributed by atoms with Crippen LogP contribution in [-0.2, 0) is 18.4 Å². The zero-order valence-electron chi connectivity index (χ0n) is 32.5. The van der Waals surface area contributed by atoms with Gasteiger partial charge in [0, 0.05) is 6.42 Å². The monoisotopic (exact) mass is 705 g/mol. The van der Waals surface area contributed by atoms with Crippen LogP contribution in [0.4, 0.5) is 0 Å². The molecule has 0 saturated carbocycles. The van der Waals surface area contributed by atoms with Gasteiger partial charge in [-0.3, -0.25) is 9.36 Å². The first-order chi connectivity index (χ1) is 23.0. The lowest BCUT2D eigenvalue weighted by Crippen LogP contribution is -2.46. The fourth-order valence-corrected chi connectivity index (χ4v) is 6.79. The normalized spacial score (nSPS) is 14.6. The number of hydrogen-bond donors (Lipinski definition) is 2. The first-order valence-electron chi connectivity index (χ1n) is 20.4. The minimum atomic E-state index is -4.52. The molecule has 0 saturated heterocycles. The predicted molar refractivity (Wildman–Crippen MR) is 201 cm³/mol. The van der Waals surface area contributed by atoms with Gasteiger partial charge in [0.15, 0.2) is 0 Å². The highest BCUT2D eigenvalue weighted by Gasteiger charge is 2.24. The standard InChI is InChI=1S/C39H81N2O6P/c1-6-8-9-10-11-12-13-14-15-16-17-18-19-20-21-22-23-24-25-26-27-28-29-30-31-32-33-38(42)37(40-39(43)7-2)36-47-48(44,45)46-35-34-41(3,4)5/h37-38,42H,6-36H2,1-5H3,(H-,40,43,44,45). The molecule has 0 fully saturated rings. The third kappa shape index (κ3) is 34.0. The smallest absolute Gasteiger partial charge is 0.268 e. The van der Waals surface area contributed by atoms with E-state index in [0.29, 0.717) is 17.4 Å². The zero-order chi connectivity index (χ0) is 35.8. The Morgan fingerprint density at radius 1 is 0.646 bits per heavy atom. The van der Waals surface area contributed by atoms with Gasteiger partial charge in [-0.2, -0.15) is 0 Å². The Kier molecular flexibility index (Phi) is 32.1. The number of nitrogens with one attached hydrogen (secondary N) is 1. The quantitative estimate of drug-likeness (QED) is 0.0379.